The molecule has 0 fully saturated rings. The molecule has 0 radical (unpaired) electrons. The van der Waals surface area contributed by atoms with Gasteiger partial charge in [-0.2, -0.15) is 0 Å². The normalized spacial score (nSPS) is 16.8. The Morgan fingerprint density at radius 1 is 0.882 bits per heavy atom. The number of hydrogen-bond acceptors (Lipinski definition) is 0. The molecular formula is C13H6Cl4. The number of halogens is 4. The van der Waals surface area contributed by atoms with Crippen molar-refractivity contribution in [3.8, 4) is 11.1 Å². The lowest BCUT2D eigenvalue weighted by molar-refractivity contribution is 1.20. The average Bonchev–Trinajstić information content (AvgIpc) is 2.61. The summed E-state index contributed by atoms with van der Waals surface area (Å²) >= 11 is 24.7. The van der Waals surface area contributed by atoms with E-state index in [9.17, 15) is 0 Å². The summed E-state index contributed by atoms with van der Waals surface area (Å²) in [7, 11) is 0. The molecule has 2 aromatic carbocycles. The first-order valence-electron chi connectivity index (χ1n) is 5.02. The molecule has 1 aliphatic rings. The fraction of sp³-hybridized carbons (Fsp3) is 0.0769. The van der Waals surface area contributed by atoms with Crippen LogP contribution in [-0.4, -0.2) is 0 Å². The molecule has 0 heterocycles. The van der Waals surface area contributed by atoms with Crippen LogP contribution in [0, 0.1) is 0 Å². The van der Waals surface area contributed by atoms with Crippen molar-refractivity contribution in [2.45, 2.75) is 5.38 Å². The third kappa shape index (κ3) is 1.59. The van der Waals surface area contributed by atoms with Crippen molar-refractivity contribution in [1.82, 2.24) is 0 Å². The molecule has 1 atom stereocenters. The van der Waals surface area contributed by atoms with Crippen LogP contribution in [0.1, 0.15) is 16.5 Å². The van der Waals surface area contributed by atoms with Gasteiger partial charge >= 0.3 is 0 Å². The molecule has 0 amide bonds. The largest absolute Gasteiger partial charge is 0.112 e. The number of hydrogen-bond donors (Lipinski definition) is 0. The third-order valence-corrected chi connectivity index (χ3v) is 4.71. The predicted molar refractivity (Wildman–Crippen MR) is 74.6 cm³/mol. The van der Waals surface area contributed by atoms with Gasteiger partial charge in [-0.3, -0.25) is 0 Å². The van der Waals surface area contributed by atoms with E-state index in [1.54, 1.807) is 0 Å². The van der Waals surface area contributed by atoms with Crippen LogP contribution in [0.4, 0.5) is 0 Å². The van der Waals surface area contributed by atoms with Gasteiger partial charge in [0.25, 0.3) is 0 Å². The zero-order valence-corrected chi connectivity index (χ0v) is 11.5. The highest BCUT2D eigenvalue weighted by Gasteiger charge is 2.30. The molecule has 0 aliphatic heterocycles. The van der Waals surface area contributed by atoms with Crippen LogP contribution in [0.3, 0.4) is 0 Å². The van der Waals surface area contributed by atoms with Gasteiger partial charge in [0.05, 0.1) is 20.4 Å². The molecule has 1 aliphatic carbocycles. The maximum absolute atomic E-state index is 6.42. The lowest BCUT2D eigenvalue weighted by atomic mass is 10.1. The number of rotatable bonds is 0. The molecule has 2 aromatic rings. The molecule has 0 aromatic heterocycles. The maximum atomic E-state index is 6.42. The van der Waals surface area contributed by atoms with Gasteiger partial charge in [-0.05, 0) is 22.8 Å². The minimum Gasteiger partial charge on any atom is -0.112 e. The Kier molecular flexibility index (Phi) is 2.79. The first-order chi connectivity index (χ1) is 8.11. The molecule has 3 rings (SSSR count). The Balaban J connectivity index is 2.39. The second-order valence-electron chi connectivity index (χ2n) is 3.90. The van der Waals surface area contributed by atoms with Gasteiger partial charge in [-0.25, -0.2) is 0 Å². The van der Waals surface area contributed by atoms with Gasteiger partial charge in [-0.1, -0.05) is 59.1 Å². The smallest absolute Gasteiger partial charge is 0.0862 e. The van der Waals surface area contributed by atoms with Crippen molar-refractivity contribution in [2.75, 3.05) is 0 Å². The highest BCUT2D eigenvalue weighted by Crippen LogP contribution is 2.52. The van der Waals surface area contributed by atoms with Crippen LogP contribution in [0.15, 0.2) is 30.3 Å². The quantitative estimate of drug-likeness (QED) is 0.416. The number of fused-ring (bicyclic) bond motifs is 3. The van der Waals surface area contributed by atoms with E-state index in [1.165, 1.54) is 0 Å². The Labute approximate surface area is 119 Å². The average molecular weight is 304 g/mol. The Morgan fingerprint density at radius 2 is 1.59 bits per heavy atom. The van der Waals surface area contributed by atoms with Crippen LogP contribution >= 0.6 is 46.4 Å². The fourth-order valence-electron chi connectivity index (χ4n) is 2.20. The molecule has 1 unspecified atom stereocenters. The first kappa shape index (κ1) is 11.7. The third-order valence-electron chi connectivity index (χ3n) is 2.98. The van der Waals surface area contributed by atoms with Crippen LogP contribution in [0.2, 0.25) is 15.1 Å². The molecule has 0 spiro atoms. The molecule has 17 heavy (non-hydrogen) atoms. The minimum atomic E-state index is -0.261. The summed E-state index contributed by atoms with van der Waals surface area (Å²) in [5.74, 6) is 0. The van der Waals surface area contributed by atoms with Gasteiger partial charge < -0.3 is 0 Å². The van der Waals surface area contributed by atoms with Crippen molar-refractivity contribution >= 4 is 46.4 Å². The van der Waals surface area contributed by atoms with E-state index in [-0.39, 0.29) is 5.38 Å². The SMILES string of the molecule is Clc1cc2c(c(Cl)c1Cl)C(Cl)c1ccccc1-2. The van der Waals surface area contributed by atoms with Crippen LogP contribution in [-0.2, 0) is 0 Å². The predicted octanol–water partition coefficient (Wildman–Crippen LogP) is 5.96. The number of alkyl halides is 1. The molecular weight excluding hydrogens is 298 g/mol. The molecule has 0 nitrogen and oxygen atoms in total. The van der Waals surface area contributed by atoms with Gasteiger partial charge in [0.15, 0.2) is 0 Å². The van der Waals surface area contributed by atoms with Gasteiger partial charge in [0.1, 0.15) is 0 Å². The lowest BCUT2D eigenvalue weighted by Gasteiger charge is -2.09. The van der Waals surface area contributed by atoms with E-state index < -0.39 is 0 Å². The molecule has 0 bridgehead atoms. The highest BCUT2D eigenvalue weighted by atomic mass is 35.5. The highest BCUT2D eigenvalue weighted by molar-refractivity contribution is 6.49. The summed E-state index contributed by atoms with van der Waals surface area (Å²) in [6, 6.07) is 9.75. The van der Waals surface area contributed by atoms with Crippen LogP contribution in [0.5, 0.6) is 0 Å². The van der Waals surface area contributed by atoms with E-state index in [0.29, 0.717) is 15.1 Å². The zero-order chi connectivity index (χ0) is 12.2. The molecule has 4 heteroatoms. The van der Waals surface area contributed by atoms with Gasteiger partial charge in [-0.15, -0.1) is 11.6 Å². The van der Waals surface area contributed by atoms with Crippen molar-refractivity contribution in [1.29, 1.82) is 0 Å². The van der Waals surface area contributed by atoms with E-state index in [2.05, 4.69) is 0 Å². The monoisotopic (exact) mass is 302 g/mol. The Hall–Kier alpha value is -0.400. The van der Waals surface area contributed by atoms with E-state index in [4.69, 9.17) is 46.4 Å². The molecule has 0 saturated heterocycles. The number of benzene rings is 2. The van der Waals surface area contributed by atoms with E-state index in [0.717, 1.165) is 22.3 Å². The summed E-state index contributed by atoms with van der Waals surface area (Å²) in [5.41, 5.74) is 3.94. The van der Waals surface area contributed by atoms with Crippen molar-refractivity contribution in [2.24, 2.45) is 0 Å². The van der Waals surface area contributed by atoms with Crippen molar-refractivity contribution in [3.63, 3.8) is 0 Å². The molecule has 0 saturated carbocycles. The summed E-state index contributed by atoms with van der Waals surface area (Å²) in [4.78, 5) is 0. The van der Waals surface area contributed by atoms with Gasteiger partial charge in [0.2, 0.25) is 0 Å². The Morgan fingerprint density at radius 3 is 2.35 bits per heavy atom. The fourth-order valence-corrected chi connectivity index (χ4v) is 3.39. The first-order valence-corrected chi connectivity index (χ1v) is 6.59. The van der Waals surface area contributed by atoms with Crippen molar-refractivity contribution in [3.05, 3.63) is 56.5 Å². The lowest BCUT2D eigenvalue weighted by Crippen LogP contribution is -1.88. The topological polar surface area (TPSA) is 0 Å². The summed E-state index contributed by atoms with van der Waals surface area (Å²) in [6.07, 6.45) is 0. The maximum Gasteiger partial charge on any atom is 0.0862 e. The second-order valence-corrected chi connectivity index (χ2v) is 5.50. The summed E-state index contributed by atoms with van der Waals surface area (Å²) in [6.45, 7) is 0. The standard InChI is InChI=1S/C13H6Cl4/c14-9-5-8-6-3-1-2-4-7(6)11(15)10(8)13(17)12(9)16/h1-5,11H. The van der Waals surface area contributed by atoms with E-state index >= 15 is 0 Å². The van der Waals surface area contributed by atoms with Crippen LogP contribution in [0.25, 0.3) is 11.1 Å². The van der Waals surface area contributed by atoms with Crippen molar-refractivity contribution < 1.29 is 0 Å². The summed E-state index contributed by atoms with van der Waals surface area (Å²) in [5, 5.41) is 1.01. The van der Waals surface area contributed by atoms with E-state index in [1.807, 2.05) is 30.3 Å². The second kappa shape index (κ2) is 4.07. The molecule has 86 valence electrons. The summed E-state index contributed by atoms with van der Waals surface area (Å²) < 4.78 is 0. The van der Waals surface area contributed by atoms with Gasteiger partial charge in [0, 0.05) is 5.56 Å². The zero-order valence-electron chi connectivity index (χ0n) is 8.48. The Bertz CT molecular complexity index is 619. The minimum absolute atomic E-state index is 0.261. The van der Waals surface area contributed by atoms with Crippen LogP contribution < -0.4 is 0 Å². The molecule has 0 N–H and O–H groups in total.